The fourth-order valence-corrected chi connectivity index (χ4v) is 3.11. The lowest BCUT2D eigenvalue weighted by Crippen LogP contribution is -1.81. The van der Waals surface area contributed by atoms with Crippen LogP contribution in [0.1, 0.15) is 0 Å². The molecule has 4 heteroatoms. The molecule has 0 atom stereocenters. The molecule has 2 N–H and O–H groups in total. The molecule has 0 radical (unpaired) electrons. The molecule has 0 aliphatic rings. The Hall–Kier alpha value is -1.39. The lowest BCUT2D eigenvalue weighted by Gasteiger charge is -1.93. The summed E-state index contributed by atoms with van der Waals surface area (Å²) in [5.74, 6) is 0. The minimum atomic E-state index is 0.625. The van der Waals surface area contributed by atoms with E-state index in [2.05, 4.69) is 28.6 Å². The molecule has 0 saturated carbocycles. The van der Waals surface area contributed by atoms with E-state index in [0.29, 0.717) is 5.13 Å². The quantitative estimate of drug-likeness (QED) is 0.696. The van der Waals surface area contributed by atoms with Gasteiger partial charge in [-0.15, -0.1) is 22.7 Å². The average Bonchev–Trinajstić information content (AvgIpc) is 2.83. The maximum absolute atomic E-state index is 5.64. The maximum Gasteiger partial charge on any atom is 0.180 e. The van der Waals surface area contributed by atoms with E-state index in [9.17, 15) is 0 Å². The zero-order valence-electron chi connectivity index (χ0n) is 7.81. The number of hydrogen-bond donors (Lipinski definition) is 1. The number of nitrogen functional groups attached to an aromatic ring is 1. The molecule has 0 fully saturated rings. The molecule has 0 aliphatic heterocycles. The number of nitrogens with two attached hydrogens (primary N) is 1. The number of rotatable bonds is 1. The van der Waals surface area contributed by atoms with Crippen molar-refractivity contribution in [2.45, 2.75) is 0 Å². The van der Waals surface area contributed by atoms with Gasteiger partial charge in [-0.2, -0.15) is 0 Å². The fourth-order valence-electron chi connectivity index (χ4n) is 1.59. The Morgan fingerprint density at radius 3 is 2.73 bits per heavy atom. The number of aromatic nitrogens is 1. The Morgan fingerprint density at radius 1 is 1.07 bits per heavy atom. The zero-order chi connectivity index (χ0) is 10.3. The van der Waals surface area contributed by atoms with Crippen LogP contribution in [0.25, 0.3) is 21.3 Å². The van der Waals surface area contributed by atoms with E-state index in [1.165, 1.54) is 27.0 Å². The van der Waals surface area contributed by atoms with Crippen LogP contribution < -0.4 is 5.73 Å². The second-order valence-corrected chi connectivity index (χ2v) is 5.02. The van der Waals surface area contributed by atoms with Crippen LogP contribution in [0.4, 0.5) is 5.13 Å². The van der Waals surface area contributed by atoms with Gasteiger partial charge in [0.1, 0.15) is 0 Å². The van der Waals surface area contributed by atoms with Crippen molar-refractivity contribution in [2.75, 3.05) is 5.73 Å². The number of anilines is 1. The van der Waals surface area contributed by atoms with E-state index < -0.39 is 0 Å². The van der Waals surface area contributed by atoms with Gasteiger partial charge in [0.05, 0.1) is 5.69 Å². The van der Waals surface area contributed by atoms with E-state index in [-0.39, 0.29) is 0 Å². The summed E-state index contributed by atoms with van der Waals surface area (Å²) in [5, 5.41) is 6.02. The highest BCUT2D eigenvalue weighted by atomic mass is 32.1. The van der Waals surface area contributed by atoms with Gasteiger partial charge in [-0.3, -0.25) is 0 Å². The lowest BCUT2D eigenvalue weighted by molar-refractivity contribution is 1.43. The molecule has 0 saturated heterocycles. The van der Waals surface area contributed by atoms with Crippen molar-refractivity contribution in [3.05, 3.63) is 35.0 Å². The minimum Gasteiger partial charge on any atom is -0.375 e. The molecule has 1 aromatic carbocycles. The predicted molar refractivity (Wildman–Crippen MR) is 67.3 cm³/mol. The van der Waals surface area contributed by atoms with Gasteiger partial charge in [0.15, 0.2) is 5.13 Å². The van der Waals surface area contributed by atoms with Crippen molar-refractivity contribution in [1.29, 1.82) is 0 Å². The van der Waals surface area contributed by atoms with Crippen molar-refractivity contribution in [1.82, 2.24) is 4.98 Å². The minimum absolute atomic E-state index is 0.625. The second-order valence-electron chi connectivity index (χ2n) is 3.22. The van der Waals surface area contributed by atoms with E-state index in [0.717, 1.165) is 5.69 Å². The number of thiophene rings is 1. The lowest BCUT2D eigenvalue weighted by atomic mass is 10.1. The highest BCUT2D eigenvalue weighted by molar-refractivity contribution is 7.18. The highest BCUT2D eigenvalue weighted by Gasteiger charge is 2.08. The Balaban J connectivity index is 2.27. The van der Waals surface area contributed by atoms with Crippen LogP contribution in [0, 0.1) is 0 Å². The first kappa shape index (κ1) is 8.88. The van der Waals surface area contributed by atoms with Crippen molar-refractivity contribution in [3.8, 4) is 11.3 Å². The molecule has 2 aromatic heterocycles. The molecule has 0 unspecified atom stereocenters. The SMILES string of the molecule is Nc1nc(-c2csc3ccccc23)cs1. The first-order valence-corrected chi connectivity index (χ1v) is 6.28. The summed E-state index contributed by atoms with van der Waals surface area (Å²) in [6, 6.07) is 8.35. The van der Waals surface area contributed by atoms with E-state index in [1.54, 1.807) is 11.3 Å². The zero-order valence-corrected chi connectivity index (χ0v) is 9.44. The molecule has 74 valence electrons. The molecular formula is C11H8N2S2. The van der Waals surface area contributed by atoms with Crippen molar-refractivity contribution < 1.29 is 0 Å². The molecule has 2 heterocycles. The van der Waals surface area contributed by atoms with Crippen LogP contribution >= 0.6 is 22.7 Å². The molecule has 15 heavy (non-hydrogen) atoms. The van der Waals surface area contributed by atoms with E-state index in [4.69, 9.17) is 5.73 Å². The van der Waals surface area contributed by atoms with Crippen LogP contribution in [-0.2, 0) is 0 Å². The van der Waals surface area contributed by atoms with Crippen LogP contribution in [0.3, 0.4) is 0 Å². The summed E-state index contributed by atoms with van der Waals surface area (Å²) in [4.78, 5) is 4.31. The van der Waals surface area contributed by atoms with Gasteiger partial charge >= 0.3 is 0 Å². The number of fused-ring (bicyclic) bond motifs is 1. The monoisotopic (exact) mass is 232 g/mol. The Labute approximate surface area is 95.0 Å². The molecule has 3 aromatic rings. The van der Waals surface area contributed by atoms with Crippen molar-refractivity contribution >= 4 is 37.9 Å². The summed E-state index contributed by atoms with van der Waals surface area (Å²) in [7, 11) is 0. The van der Waals surface area contributed by atoms with E-state index >= 15 is 0 Å². The van der Waals surface area contributed by atoms with Gasteiger partial charge in [0.25, 0.3) is 0 Å². The summed E-state index contributed by atoms with van der Waals surface area (Å²) in [6.07, 6.45) is 0. The summed E-state index contributed by atoms with van der Waals surface area (Å²) in [6.45, 7) is 0. The standard InChI is InChI=1S/C11H8N2S2/c12-11-13-9(6-15-11)8-5-14-10-4-2-1-3-7(8)10/h1-6H,(H2,12,13). The largest absolute Gasteiger partial charge is 0.375 e. The third-order valence-electron chi connectivity index (χ3n) is 2.28. The Kier molecular flexibility index (Phi) is 1.97. The van der Waals surface area contributed by atoms with Crippen LogP contribution in [0.2, 0.25) is 0 Å². The van der Waals surface area contributed by atoms with Crippen molar-refractivity contribution in [3.63, 3.8) is 0 Å². The normalized spacial score (nSPS) is 10.9. The van der Waals surface area contributed by atoms with Crippen LogP contribution in [0.15, 0.2) is 35.0 Å². The number of nitrogens with zero attached hydrogens (tertiary/aromatic N) is 1. The number of benzene rings is 1. The van der Waals surface area contributed by atoms with Gasteiger partial charge < -0.3 is 5.73 Å². The molecule has 3 rings (SSSR count). The highest BCUT2D eigenvalue weighted by Crippen LogP contribution is 2.34. The second kappa shape index (κ2) is 3.32. The first-order valence-electron chi connectivity index (χ1n) is 4.52. The Bertz CT molecular complexity index is 610. The van der Waals surface area contributed by atoms with E-state index in [1.807, 2.05) is 11.4 Å². The van der Waals surface area contributed by atoms with Gasteiger partial charge in [0.2, 0.25) is 0 Å². The molecule has 2 nitrogen and oxygen atoms in total. The van der Waals surface area contributed by atoms with Gasteiger partial charge in [-0.25, -0.2) is 4.98 Å². The molecular weight excluding hydrogens is 224 g/mol. The smallest absolute Gasteiger partial charge is 0.180 e. The first-order chi connectivity index (χ1) is 7.34. The maximum atomic E-state index is 5.64. The van der Waals surface area contributed by atoms with Crippen LogP contribution in [0.5, 0.6) is 0 Å². The topological polar surface area (TPSA) is 38.9 Å². The summed E-state index contributed by atoms with van der Waals surface area (Å²) in [5.41, 5.74) is 7.80. The molecule has 0 amide bonds. The summed E-state index contributed by atoms with van der Waals surface area (Å²) >= 11 is 3.22. The van der Waals surface area contributed by atoms with Crippen LogP contribution in [-0.4, -0.2) is 4.98 Å². The number of thiazole rings is 1. The van der Waals surface area contributed by atoms with Gasteiger partial charge in [-0.1, -0.05) is 18.2 Å². The third-order valence-corrected chi connectivity index (χ3v) is 3.92. The number of hydrogen-bond acceptors (Lipinski definition) is 4. The average molecular weight is 232 g/mol. The predicted octanol–water partition coefficient (Wildman–Crippen LogP) is 3.61. The van der Waals surface area contributed by atoms with Crippen molar-refractivity contribution in [2.24, 2.45) is 0 Å². The Morgan fingerprint density at radius 2 is 1.93 bits per heavy atom. The summed E-state index contributed by atoms with van der Waals surface area (Å²) < 4.78 is 1.29. The fraction of sp³-hybridized carbons (Fsp3) is 0. The molecule has 0 bridgehead atoms. The van der Waals surface area contributed by atoms with Gasteiger partial charge in [0, 0.05) is 26.4 Å². The van der Waals surface area contributed by atoms with Gasteiger partial charge in [-0.05, 0) is 6.07 Å². The molecule has 0 aliphatic carbocycles. The molecule has 0 spiro atoms. The third kappa shape index (κ3) is 1.42.